The third kappa shape index (κ3) is 2.44. The van der Waals surface area contributed by atoms with Gasteiger partial charge in [-0.1, -0.05) is 35.9 Å². The third-order valence-electron chi connectivity index (χ3n) is 3.95. The Morgan fingerprint density at radius 1 is 0.850 bits per heavy atom. The van der Waals surface area contributed by atoms with Crippen molar-refractivity contribution in [3.63, 3.8) is 0 Å². The lowest BCUT2D eigenvalue weighted by atomic mass is 9.99. The van der Waals surface area contributed by atoms with E-state index < -0.39 is 0 Å². The van der Waals surface area contributed by atoms with Gasteiger partial charge in [0.1, 0.15) is 0 Å². The summed E-state index contributed by atoms with van der Waals surface area (Å²) in [7, 11) is 0. The maximum atomic E-state index is 4.60. The van der Waals surface area contributed by atoms with Gasteiger partial charge in [0.2, 0.25) is 0 Å². The van der Waals surface area contributed by atoms with E-state index in [0.717, 1.165) is 12.1 Å². The zero-order chi connectivity index (χ0) is 14.1. The summed E-state index contributed by atoms with van der Waals surface area (Å²) in [5, 5.41) is 2.56. The molecular weight excluding hydrogens is 242 g/mol. The topological polar surface area (TPSA) is 12.9 Å². The van der Waals surface area contributed by atoms with Gasteiger partial charge in [0.25, 0.3) is 0 Å². The smallest absolute Gasteiger partial charge is 0.0525 e. The molecule has 1 heteroatoms. The van der Waals surface area contributed by atoms with Gasteiger partial charge < -0.3 is 0 Å². The van der Waals surface area contributed by atoms with E-state index in [-0.39, 0.29) is 0 Å². The lowest BCUT2D eigenvalue weighted by Crippen LogP contribution is -1.95. The molecule has 0 radical (unpaired) electrons. The first-order chi connectivity index (χ1) is 9.63. The fraction of sp³-hybridized carbons (Fsp3) is 0.211. The lowest BCUT2D eigenvalue weighted by molar-refractivity contribution is 1.09. The first-order valence-corrected chi connectivity index (χ1v) is 7.04. The molecule has 0 unspecified atom stereocenters. The number of pyridine rings is 1. The summed E-state index contributed by atoms with van der Waals surface area (Å²) in [4.78, 5) is 4.60. The van der Waals surface area contributed by atoms with Crippen molar-refractivity contribution in [3.8, 4) is 0 Å². The minimum absolute atomic E-state index is 0.889. The van der Waals surface area contributed by atoms with Crippen LogP contribution in [-0.4, -0.2) is 4.98 Å². The third-order valence-corrected chi connectivity index (χ3v) is 3.95. The number of aryl methyl sites for hydroxylation is 3. The van der Waals surface area contributed by atoms with Crippen molar-refractivity contribution < 1.29 is 0 Å². The van der Waals surface area contributed by atoms with E-state index >= 15 is 0 Å². The Kier molecular flexibility index (Phi) is 3.27. The Labute approximate surface area is 120 Å². The second-order valence-electron chi connectivity index (χ2n) is 5.58. The van der Waals surface area contributed by atoms with E-state index in [1.807, 2.05) is 6.20 Å². The first-order valence-electron chi connectivity index (χ1n) is 7.04. The van der Waals surface area contributed by atoms with Gasteiger partial charge in [-0.15, -0.1) is 0 Å². The summed E-state index contributed by atoms with van der Waals surface area (Å²) in [6.45, 7) is 6.44. The number of aromatic nitrogens is 1. The highest BCUT2D eigenvalue weighted by Crippen LogP contribution is 2.23. The predicted octanol–water partition coefficient (Wildman–Crippen LogP) is 4.75. The molecule has 0 bridgehead atoms. The quantitative estimate of drug-likeness (QED) is 0.648. The van der Waals surface area contributed by atoms with Gasteiger partial charge in [0.15, 0.2) is 0 Å². The fourth-order valence-corrected chi connectivity index (χ4v) is 2.54. The van der Waals surface area contributed by atoms with Gasteiger partial charge in [-0.25, -0.2) is 0 Å². The van der Waals surface area contributed by atoms with Crippen molar-refractivity contribution in [2.75, 3.05) is 0 Å². The van der Waals surface area contributed by atoms with Crippen LogP contribution in [0.2, 0.25) is 0 Å². The molecule has 0 saturated carbocycles. The molecule has 2 aromatic carbocycles. The van der Waals surface area contributed by atoms with E-state index in [1.54, 1.807) is 0 Å². The fourth-order valence-electron chi connectivity index (χ4n) is 2.54. The Balaban J connectivity index is 2.07. The molecule has 0 amide bonds. The van der Waals surface area contributed by atoms with Crippen molar-refractivity contribution in [2.45, 2.75) is 27.2 Å². The molecule has 20 heavy (non-hydrogen) atoms. The van der Waals surface area contributed by atoms with Gasteiger partial charge in [0, 0.05) is 18.0 Å². The Hall–Kier alpha value is -2.15. The van der Waals surface area contributed by atoms with E-state index in [4.69, 9.17) is 0 Å². The van der Waals surface area contributed by atoms with E-state index in [9.17, 15) is 0 Å². The Morgan fingerprint density at radius 3 is 2.30 bits per heavy atom. The molecule has 0 fully saturated rings. The first kappa shape index (κ1) is 12.9. The molecule has 0 aliphatic heterocycles. The molecule has 0 aliphatic rings. The monoisotopic (exact) mass is 261 g/mol. The predicted molar refractivity (Wildman–Crippen MR) is 85.2 cm³/mol. The minimum atomic E-state index is 0.889. The Bertz CT molecular complexity index is 755. The highest BCUT2D eigenvalue weighted by atomic mass is 14.7. The molecule has 0 spiro atoms. The van der Waals surface area contributed by atoms with Crippen LogP contribution in [0, 0.1) is 20.8 Å². The summed E-state index contributed by atoms with van der Waals surface area (Å²) in [5.74, 6) is 0. The van der Waals surface area contributed by atoms with Crippen molar-refractivity contribution >= 4 is 10.8 Å². The second kappa shape index (κ2) is 5.09. The van der Waals surface area contributed by atoms with Crippen molar-refractivity contribution in [2.24, 2.45) is 0 Å². The lowest BCUT2D eigenvalue weighted by Gasteiger charge is -2.09. The van der Waals surface area contributed by atoms with Crippen molar-refractivity contribution in [1.82, 2.24) is 4.98 Å². The molecule has 1 heterocycles. The molecule has 3 rings (SSSR count). The summed E-state index contributed by atoms with van der Waals surface area (Å²) in [6, 6.07) is 15.3. The van der Waals surface area contributed by atoms with Gasteiger partial charge in [-0.05, 0) is 55.0 Å². The van der Waals surface area contributed by atoms with Crippen LogP contribution < -0.4 is 0 Å². The van der Waals surface area contributed by atoms with Gasteiger partial charge in [0.05, 0.1) is 5.69 Å². The highest BCUT2D eigenvalue weighted by molar-refractivity contribution is 5.86. The number of rotatable bonds is 2. The molecule has 1 nitrogen and oxygen atoms in total. The van der Waals surface area contributed by atoms with Gasteiger partial charge in [-0.2, -0.15) is 0 Å². The zero-order valence-electron chi connectivity index (χ0n) is 12.3. The minimum Gasteiger partial charge on any atom is -0.260 e. The number of fused-ring (bicyclic) bond motifs is 1. The maximum Gasteiger partial charge on any atom is 0.0525 e. The number of benzene rings is 2. The molecule has 0 aliphatic carbocycles. The largest absolute Gasteiger partial charge is 0.260 e. The van der Waals surface area contributed by atoms with Crippen LogP contribution in [0.3, 0.4) is 0 Å². The van der Waals surface area contributed by atoms with Gasteiger partial charge >= 0.3 is 0 Å². The summed E-state index contributed by atoms with van der Waals surface area (Å²) in [6.07, 6.45) is 2.81. The van der Waals surface area contributed by atoms with E-state index in [0.29, 0.717) is 0 Å². The molecule has 3 aromatic rings. The average molecular weight is 261 g/mol. The molecule has 0 N–H and O–H groups in total. The van der Waals surface area contributed by atoms with E-state index in [2.05, 4.69) is 68.2 Å². The summed E-state index contributed by atoms with van der Waals surface area (Å²) in [5.41, 5.74) is 6.44. The van der Waals surface area contributed by atoms with E-state index in [1.165, 1.54) is 33.0 Å². The summed E-state index contributed by atoms with van der Waals surface area (Å²) >= 11 is 0. The van der Waals surface area contributed by atoms with Crippen LogP contribution in [0.15, 0.2) is 48.7 Å². The van der Waals surface area contributed by atoms with Crippen molar-refractivity contribution in [3.05, 3.63) is 76.6 Å². The zero-order valence-corrected chi connectivity index (χ0v) is 12.3. The second-order valence-corrected chi connectivity index (χ2v) is 5.58. The van der Waals surface area contributed by atoms with Crippen molar-refractivity contribution in [1.29, 1.82) is 0 Å². The molecule has 0 saturated heterocycles. The standard InChI is InChI=1S/C19H19N/c1-13-4-6-16(7-5-13)12-19-18-11-15(3)14(2)10-17(18)8-9-20-19/h4-11H,12H2,1-3H3. The number of hydrogen-bond donors (Lipinski definition) is 0. The maximum absolute atomic E-state index is 4.60. The Morgan fingerprint density at radius 2 is 1.55 bits per heavy atom. The van der Waals surface area contributed by atoms with Crippen LogP contribution in [0.4, 0.5) is 0 Å². The number of nitrogens with zero attached hydrogens (tertiary/aromatic N) is 1. The van der Waals surface area contributed by atoms with Crippen LogP contribution in [0.5, 0.6) is 0 Å². The van der Waals surface area contributed by atoms with Gasteiger partial charge in [-0.3, -0.25) is 4.98 Å². The van der Waals surface area contributed by atoms with Crippen LogP contribution in [0.1, 0.15) is 27.9 Å². The molecule has 1 aromatic heterocycles. The highest BCUT2D eigenvalue weighted by Gasteiger charge is 2.05. The average Bonchev–Trinajstić information content (AvgIpc) is 2.43. The van der Waals surface area contributed by atoms with Crippen LogP contribution in [-0.2, 0) is 6.42 Å². The van der Waals surface area contributed by atoms with Crippen LogP contribution in [0.25, 0.3) is 10.8 Å². The van der Waals surface area contributed by atoms with Crippen LogP contribution >= 0.6 is 0 Å². The molecule has 100 valence electrons. The number of hydrogen-bond acceptors (Lipinski definition) is 1. The normalized spacial score (nSPS) is 10.9. The molecular formula is C19H19N. The molecule has 0 atom stereocenters. The summed E-state index contributed by atoms with van der Waals surface area (Å²) < 4.78 is 0. The SMILES string of the molecule is Cc1ccc(Cc2nccc3cc(C)c(C)cc23)cc1.